The molecule has 0 saturated heterocycles. The summed E-state index contributed by atoms with van der Waals surface area (Å²) in [5, 5.41) is 32.6. The van der Waals surface area contributed by atoms with Gasteiger partial charge in [0.2, 0.25) is 23.6 Å². The van der Waals surface area contributed by atoms with Crippen molar-refractivity contribution in [3.8, 4) is 0 Å². The van der Waals surface area contributed by atoms with Crippen LogP contribution in [0.1, 0.15) is 51.4 Å². The molecule has 0 aromatic rings. The minimum absolute atomic E-state index is 0.00216. The van der Waals surface area contributed by atoms with Gasteiger partial charge < -0.3 is 96.4 Å². The Morgan fingerprint density at radius 3 is 0.848 bits per heavy atom. The molecule has 0 aromatic heterocycles. The standard InChI is InChI=1S/C37H73N7O14.3C2HF3O2/c1-50-36(49)9-20-52-22-24-54-26-28-55-27-25-53-23-21-51-16-8-35(48)44-37(29-56-17-5-32(45)41-13-2-10-38,30-57-18-6-33(46)42-14-3-11-39)31-58-19-7-34(47)43-15-4-12-40;3*3-2(4,5)1(6)7/h2-31,38-40H2,1H3,(H,41,45)(H,42,46)(H,43,47)(H,44,48);3*(H,6,7). The number of carboxylic acids is 3. The summed E-state index contributed by atoms with van der Waals surface area (Å²) in [6.45, 7) is 5.80. The lowest BCUT2D eigenvalue weighted by atomic mass is 10.0. The molecule has 466 valence electrons. The monoisotopic (exact) mass is 1180 g/mol. The van der Waals surface area contributed by atoms with Crippen molar-refractivity contribution < 1.29 is 136 Å². The maximum atomic E-state index is 13.2. The Labute approximate surface area is 448 Å². The Morgan fingerprint density at radius 1 is 0.380 bits per heavy atom. The van der Waals surface area contributed by atoms with E-state index in [2.05, 4.69) is 26.0 Å². The van der Waals surface area contributed by atoms with Gasteiger partial charge in [0.15, 0.2) is 0 Å². The molecule has 0 aliphatic rings. The molecule has 0 saturated carbocycles. The van der Waals surface area contributed by atoms with Crippen molar-refractivity contribution in [2.75, 3.05) is 152 Å². The number of ether oxygens (including phenoxy) is 9. The number of methoxy groups -OCH3 is 1. The van der Waals surface area contributed by atoms with Crippen LogP contribution < -0.4 is 38.5 Å². The molecule has 0 aliphatic carbocycles. The second kappa shape index (κ2) is 50.9. The summed E-state index contributed by atoms with van der Waals surface area (Å²) in [5.41, 5.74) is 15.3. The first-order valence-electron chi connectivity index (χ1n) is 23.8. The molecule has 13 N–H and O–H groups in total. The minimum atomic E-state index is -5.08. The molecule has 0 spiro atoms. The number of nitrogens with two attached hydrogens (primary N) is 3. The number of hydrogen-bond donors (Lipinski definition) is 10. The third kappa shape index (κ3) is 58.7. The average molecular weight is 1180 g/mol. The van der Waals surface area contributed by atoms with Crippen LogP contribution in [0.4, 0.5) is 39.5 Å². The van der Waals surface area contributed by atoms with E-state index in [4.69, 9.17) is 84.8 Å². The van der Waals surface area contributed by atoms with Gasteiger partial charge in [0, 0.05) is 45.3 Å². The predicted molar refractivity (Wildman–Crippen MR) is 254 cm³/mol. The Balaban J connectivity index is -0.00000111. The molecule has 0 heterocycles. The molecule has 0 bridgehead atoms. The zero-order valence-electron chi connectivity index (χ0n) is 43.6. The molecule has 0 fully saturated rings. The van der Waals surface area contributed by atoms with Crippen molar-refractivity contribution in [3.05, 3.63) is 0 Å². The molecule has 79 heavy (non-hydrogen) atoms. The van der Waals surface area contributed by atoms with Gasteiger partial charge in [-0.2, -0.15) is 39.5 Å². The number of halogens is 9. The number of carbonyl (C=O) groups is 8. The van der Waals surface area contributed by atoms with E-state index in [1.807, 2.05) is 0 Å². The second-order valence-electron chi connectivity index (χ2n) is 15.3. The number of esters is 1. The van der Waals surface area contributed by atoms with Gasteiger partial charge in [-0.15, -0.1) is 0 Å². The second-order valence-corrected chi connectivity index (χ2v) is 15.3. The number of alkyl halides is 9. The summed E-state index contributed by atoms with van der Waals surface area (Å²) in [6, 6.07) is 0. The third-order valence-corrected chi connectivity index (χ3v) is 8.44. The number of nitrogens with one attached hydrogen (secondary N) is 4. The molecule has 36 heteroatoms. The van der Waals surface area contributed by atoms with E-state index in [-0.39, 0.29) is 121 Å². The van der Waals surface area contributed by atoms with Crippen molar-refractivity contribution in [2.45, 2.75) is 75.4 Å². The van der Waals surface area contributed by atoms with Crippen LogP contribution in [0, 0.1) is 0 Å². The van der Waals surface area contributed by atoms with Gasteiger partial charge in [-0.25, -0.2) is 14.4 Å². The number of hydrogen-bond acceptors (Lipinski definition) is 20. The molecular formula is C43H76F9N7O20. The lowest BCUT2D eigenvalue weighted by Crippen LogP contribution is -2.59. The molecule has 0 rings (SSSR count). The molecular weight excluding hydrogens is 1110 g/mol. The summed E-state index contributed by atoms with van der Waals surface area (Å²) in [5.74, 6) is -9.58. The highest BCUT2D eigenvalue weighted by atomic mass is 19.4. The molecule has 0 aromatic carbocycles. The lowest BCUT2D eigenvalue weighted by molar-refractivity contribution is -0.193. The van der Waals surface area contributed by atoms with E-state index in [0.717, 1.165) is 0 Å². The zero-order chi connectivity index (χ0) is 61.0. The Morgan fingerprint density at radius 2 is 0.608 bits per heavy atom. The van der Waals surface area contributed by atoms with Crippen LogP contribution >= 0.6 is 0 Å². The normalized spacial score (nSPS) is 11.3. The number of carbonyl (C=O) groups excluding carboxylic acids is 5. The summed E-state index contributed by atoms with van der Waals surface area (Å²) < 4.78 is 145. The Hall–Kier alpha value is -5.31. The first-order chi connectivity index (χ1) is 37.0. The molecule has 4 amide bonds. The summed E-state index contributed by atoms with van der Waals surface area (Å²) >= 11 is 0. The Bertz CT molecular complexity index is 1510. The summed E-state index contributed by atoms with van der Waals surface area (Å²) in [6.07, 6.45) is -12.9. The highest BCUT2D eigenvalue weighted by molar-refractivity contribution is 5.78. The average Bonchev–Trinajstić information content (AvgIpc) is 3.36. The summed E-state index contributed by atoms with van der Waals surface area (Å²) in [4.78, 5) is 87.6. The SMILES string of the molecule is COC(=O)CCOCCOCCOCCOCCOCCC(=O)NC(COCCC(=O)NCCCN)(COCCC(=O)NCCCN)COCCC(=O)NCCCN.O=C(O)C(F)(F)F.O=C(O)C(F)(F)F.O=C(O)C(F)(F)F. The number of rotatable bonds is 43. The first-order valence-corrected chi connectivity index (χ1v) is 23.8. The van der Waals surface area contributed by atoms with Gasteiger partial charge in [0.05, 0.1) is 119 Å². The molecule has 27 nitrogen and oxygen atoms in total. The molecule has 0 radical (unpaired) electrons. The van der Waals surface area contributed by atoms with Crippen molar-refractivity contribution in [1.29, 1.82) is 0 Å². The number of aliphatic carboxylic acids is 3. The quantitative estimate of drug-likeness (QED) is 0.0207. The van der Waals surface area contributed by atoms with Crippen molar-refractivity contribution in [2.24, 2.45) is 17.2 Å². The van der Waals surface area contributed by atoms with Crippen LogP contribution in [-0.2, 0) is 81.0 Å². The van der Waals surface area contributed by atoms with Gasteiger partial charge in [-0.1, -0.05) is 0 Å². The maximum Gasteiger partial charge on any atom is 0.490 e. The largest absolute Gasteiger partial charge is 0.490 e. The van der Waals surface area contributed by atoms with Gasteiger partial charge in [0.1, 0.15) is 5.54 Å². The van der Waals surface area contributed by atoms with E-state index in [1.54, 1.807) is 0 Å². The lowest BCUT2D eigenvalue weighted by Gasteiger charge is -2.34. The smallest absolute Gasteiger partial charge is 0.475 e. The third-order valence-electron chi connectivity index (χ3n) is 8.44. The fourth-order valence-electron chi connectivity index (χ4n) is 4.55. The minimum Gasteiger partial charge on any atom is -0.475 e. The van der Waals surface area contributed by atoms with Crippen LogP contribution in [0.15, 0.2) is 0 Å². The van der Waals surface area contributed by atoms with Gasteiger partial charge in [-0.05, 0) is 38.9 Å². The fraction of sp³-hybridized carbons (Fsp3) is 0.814. The highest BCUT2D eigenvalue weighted by Gasteiger charge is 2.39. The van der Waals surface area contributed by atoms with Crippen molar-refractivity contribution in [3.63, 3.8) is 0 Å². The van der Waals surface area contributed by atoms with E-state index in [0.29, 0.717) is 105 Å². The van der Waals surface area contributed by atoms with Gasteiger partial charge >= 0.3 is 42.4 Å². The molecule has 0 unspecified atom stereocenters. The molecule has 0 atom stereocenters. The van der Waals surface area contributed by atoms with E-state index in [9.17, 15) is 63.5 Å². The summed E-state index contributed by atoms with van der Waals surface area (Å²) in [7, 11) is 1.33. The fourth-order valence-corrected chi connectivity index (χ4v) is 4.55. The van der Waals surface area contributed by atoms with E-state index < -0.39 is 42.0 Å². The van der Waals surface area contributed by atoms with Crippen LogP contribution in [-0.4, -0.2) is 239 Å². The number of amides is 4. The topological polar surface area (TPSA) is 406 Å². The van der Waals surface area contributed by atoms with Crippen LogP contribution in [0.5, 0.6) is 0 Å². The zero-order valence-corrected chi connectivity index (χ0v) is 43.6. The van der Waals surface area contributed by atoms with E-state index >= 15 is 0 Å². The van der Waals surface area contributed by atoms with Gasteiger partial charge in [-0.3, -0.25) is 24.0 Å². The van der Waals surface area contributed by atoms with Crippen molar-refractivity contribution >= 4 is 47.5 Å². The number of carboxylic acid groups (broad SMARTS) is 3. The molecule has 0 aliphatic heterocycles. The highest BCUT2D eigenvalue weighted by Crippen LogP contribution is 2.15. The van der Waals surface area contributed by atoms with Crippen LogP contribution in [0.25, 0.3) is 0 Å². The van der Waals surface area contributed by atoms with E-state index in [1.165, 1.54) is 7.11 Å². The first kappa shape index (κ1) is 80.2. The van der Waals surface area contributed by atoms with Gasteiger partial charge in [0.25, 0.3) is 0 Å². The van der Waals surface area contributed by atoms with Crippen LogP contribution in [0.2, 0.25) is 0 Å². The Kier molecular flexibility index (Phi) is 51.6. The maximum absolute atomic E-state index is 13.2. The van der Waals surface area contributed by atoms with Crippen LogP contribution in [0.3, 0.4) is 0 Å². The van der Waals surface area contributed by atoms with Crippen molar-refractivity contribution in [1.82, 2.24) is 21.3 Å². The predicted octanol–water partition coefficient (Wildman–Crippen LogP) is -0.607.